The van der Waals surface area contributed by atoms with E-state index in [4.69, 9.17) is 4.74 Å². The lowest BCUT2D eigenvalue weighted by Crippen LogP contribution is -2.19. The van der Waals surface area contributed by atoms with Gasteiger partial charge in [0.05, 0.1) is 6.61 Å². The van der Waals surface area contributed by atoms with Crippen LogP contribution < -0.4 is 5.32 Å². The molecule has 0 aromatic heterocycles. The molecule has 2 nitrogen and oxygen atoms in total. The highest BCUT2D eigenvalue weighted by molar-refractivity contribution is 7.99. The Morgan fingerprint density at radius 2 is 2.00 bits per heavy atom. The summed E-state index contributed by atoms with van der Waals surface area (Å²) in [6.07, 6.45) is 1.10. The maximum absolute atomic E-state index is 5.05. The standard InChI is InChI=1S/C14H23NOS/c1-4-12-5-7-13(8-6-12)14(15-2)11-17-10-9-16-3/h5-8,14-15H,4,9-11H2,1-3H3. The van der Waals surface area contributed by atoms with Crippen molar-refractivity contribution in [3.63, 3.8) is 0 Å². The van der Waals surface area contributed by atoms with E-state index in [0.29, 0.717) is 6.04 Å². The first-order valence-electron chi connectivity index (χ1n) is 6.14. The van der Waals surface area contributed by atoms with Gasteiger partial charge in [-0.3, -0.25) is 0 Å². The van der Waals surface area contributed by atoms with Crippen LogP contribution in [0.4, 0.5) is 0 Å². The lowest BCUT2D eigenvalue weighted by atomic mass is 10.1. The van der Waals surface area contributed by atoms with Crippen molar-refractivity contribution >= 4 is 11.8 Å². The van der Waals surface area contributed by atoms with Gasteiger partial charge in [0.1, 0.15) is 0 Å². The van der Waals surface area contributed by atoms with E-state index in [0.717, 1.165) is 24.5 Å². The summed E-state index contributed by atoms with van der Waals surface area (Å²) in [4.78, 5) is 0. The highest BCUT2D eigenvalue weighted by Gasteiger charge is 2.08. The number of ether oxygens (including phenoxy) is 1. The van der Waals surface area contributed by atoms with E-state index in [2.05, 4.69) is 36.5 Å². The minimum Gasteiger partial charge on any atom is -0.384 e. The Morgan fingerprint density at radius 1 is 1.29 bits per heavy atom. The second-order valence-electron chi connectivity index (χ2n) is 4.00. The molecule has 96 valence electrons. The predicted octanol–water partition coefficient (Wildman–Crippen LogP) is 2.89. The van der Waals surface area contributed by atoms with Crippen LogP contribution in [0.25, 0.3) is 0 Å². The van der Waals surface area contributed by atoms with Gasteiger partial charge in [-0.25, -0.2) is 0 Å². The third-order valence-electron chi connectivity index (χ3n) is 2.86. The van der Waals surface area contributed by atoms with Crippen molar-refractivity contribution in [3.8, 4) is 0 Å². The summed E-state index contributed by atoms with van der Waals surface area (Å²) in [5.41, 5.74) is 2.77. The lowest BCUT2D eigenvalue weighted by Gasteiger charge is -2.16. The van der Waals surface area contributed by atoms with Crippen LogP contribution in [0, 0.1) is 0 Å². The van der Waals surface area contributed by atoms with Crippen LogP contribution in [-0.2, 0) is 11.2 Å². The van der Waals surface area contributed by atoms with Crippen molar-refractivity contribution in [2.24, 2.45) is 0 Å². The van der Waals surface area contributed by atoms with Gasteiger partial charge in [0.15, 0.2) is 0 Å². The molecule has 3 heteroatoms. The zero-order valence-corrected chi connectivity index (χ0v) is 11.8. The molecule has 1 N–H and O–H groups in total. The summed E-state index contributed by atoms with van der Waals surface area (Å²) in [7, 11) is 3.77. The predicted molar refractivity (Wildman–Crippen MR) is 76.8 cm³/mol. The summed E-state index contributed by atoms with van der Waals surface area (Å²) in [5.74, 6) is 2.15. The fraction of sp³-hybridized carbons (Fsp3) is 0.571. The first-order valence-corrected chi connectivity index (χ1v) is 7.30. The summed E-state index contributed by atoms with van der Waals surface area (Å²) in [6.45, 7) is 3.01. The molecule has 0 aliphatic rings. The molecule has 0 saturated heterocycles. The van der Waals surface area contributed by atoms with E-state index >= 15 is 0 Å². The van der Waals surface area contributed by atoms with Gasteiger partial charge in [0, 0.05) is 24.7 Å². The molecule has 0 amide bonds. The van der Waals surface area contributed by atoms with Gasteiger partial charge in [-0.1, -0.05) is 31.2 Å². The van der Waals surface area contributed by atoms with Crippen molar-refractivity contribution in [2.75, 3.05) is 32.3 Å². The van der Waals surface area contributed by atoms with Crippen molar-refractivity contribution in [2.45, 2.75) is 19.4 Å². The molecule has 0 aliphatic carbocycles. The lowest BCUT2D eigenvalue weighted by molar-refractivity contribution is 0.218. The maximum Gasteiger partial charge on any atom is 0.0552 e. The molecule has 0 heterocycles. The molecular formula is C14H23NOS. The second-order valence-corrected chi connectivity index (χ2v) is 5.15. The topological polar surface area (TPSA) is 21.3 Å². The second kappa shape index (κ2) is 8.56. The largest absolute Gasteiger partial charge is 0.384 e. The number of rotatable bonds is 8. The smallest absolute Gasteiger partial charge is 0.0552 e. The van der Waals surface area contributed by atoms with E-state index < -0.39 is 0 Å². The highest BCUT2D eigenvalue weighted by atomic mass is 32.2. The molecule has 0 saturated carbocycles. The highest BCUT2D eigenvalue weighted by Crippen LogP contribution is 2.18. The zero-order valence-electron chi connectivity index (χ0n) is 11.0. The summed E-state index contributed by atoms with van der Waals surface area (Å²) in [5, 5.41) is 3.37. The minimum absolute atomic E-state index is 0.433. The van der Waals surface area contributed by atoms with Gasteiger partial charge in [0.2, 0.25) is 0 Å². The average molecular weight is 253 g/mol. The molecule has 0 fully saturated rings. The van der Waals surface area contributed by atoms with Crippen LogP contribution in [0.15, 0.2) is 24.3 Å². The minimum atomic E-state index is 0.433. The third kappa shape index (κ3) is 5.11. The van der Waals surface area contributed by atoms with Crippen LogP contribution in [0.5, 0.6) is 0 Å². The van der Waals surface area contributed by atoms with Crippen LogP contribution in [0.1, 0.15) is 24.1 Å². The maximum atomic E-state index is 5.05. The van der Waals surface area contributed by atoms with E-state index in [9.17, 15) is 0 Å². The molecule has 17 heavy (non-hydrogen) atoms. The summed E-state index contributed by atoms with van der Waals surface area (Å²) >= 11 is 1.93. The number of methoxy groups -OCH3 is 1. The molecule has 0 bridgehead atoms. The Hall–Kier alpha value is -0.510. The van der Waals surface area contributed by atoms with E-state index in [-0.39, 0.29) is 0 Å². The van der Waals surface area contributed by atoms with E-state index in [1.807, 2.05) is 18.8 Å². The average Bonchev–Trinajstić information content (AvgIpc) is 2.39. The molecule has 1 atom stereocenters. The first-order chi connectivity index (χ1) is 8.31. The molecule has 1 aromatic carbocycles. The first kappa shape index (κ1) is 14.6. The van der Waals surface area contributed by atoms with Crippen LogP contribution in [-0.4, -0.2) is 32.3 Å². The molecule has 0 spiro atoms. The normalized spacial score (nSPS) is 12.6. The molecule has 1 unspecified atom stereocenters. The van der Waals surface area contributed by atoms with Crippen molar-refractivity contribution in [1.29, 1.82) is 0 Å². The fourth-order valence-electron chi connectivity index (χ4n) is 1.68. The van der Waals surface area contributed by atoms with Crippen molar-refractivity contribution in [3.05, 3.63) is 35.4 Å². The number of thioether (sulfide) groups is 1. The number of benzene rings is 1. The summed E-state index contributed by atoms with van der Waals surface area (Å²) < 4.78 is 5.05. The van der Waals surface area contributed by atoms with Crippen LogP contribution >= 0.6 is 11.8 Å². The molecular weight excluding hydrogens is 230 g/mol. The third-order valence-corrected chi connectivity index (χ3v) is 3.88. The fourth-order valence-corrected chi connectivity index (χ4v) is 2.72. The SMILES string of the molecule is CCc1ccc(C(CSCCOC)NC)cc1. The van der Waals surface area contributed by atoms with Gasteiger partial charge in [-0.05, 0) is 24.6 Å². The Balaban J connectivity index is 2.47. The zero-order chi connectivity index (χ0) is 12.5. The van der Waals surface area contributed by atoms with Crippen molar-refractivity contribution < 1.29 is 4.74 Å². The van der Waals surface area contributed by atoms with Gasteiger partial charge in [-0.2, -0.15) is 11.8 Å². The Kier molecular flexibility index (Phi) is 7.33. The van der Waals surface area contributed by atoms with Crippen LogP contribution in [0.3, 0.4) is 0 Å². The molecule has 1 aromatic rings. The van der Waals surface area contributed by atoms with Crippen LogP contribution in [0.2, 0.25) is 0 Å². The Morgan fingerprint density at radius 3 is 2.53 bits per heavy atom. The Labute approximate surface area is 109 Å². The summed E-state index contributed by atoms with van der Waals surface area (Å²) in [6, 6.07) is 9.34. The molecule has 1 rings (SSSR count). The number of hydrogen-bond acceptors (Lipinski definition) is 3. The van der Waals surface area contributed by atoms with Gasteiger partial charge >= 0.3 is 0 Å². The van der Waals surface area contributed by atoms with Gasteiger partial charge < -0.3 is 10.1 Å². The van der Waals surface area contributed by atoms with Gasteiger partial charge in [0.25, 0.3) is 0 Å². The molecule has 0 aliphatic heterocycles. The number of hydrogen-bond donors (Lipinski definition) is 1. The quantitative estimate of drug-likeness (QED) is 0.720. The Bertz CT molecular complexity index is 300. The number of aryl methyl sites for hydroxylation is 1. The monoisotopic (exact) mass is 253 g/mol. The number of nitrogens with one attached hydrogen (secondary N) is 1. The van der Waals surface area contributed by atoms with E-state index in [1.165, 1.54) is 11.1 Å². The molecule has 0 radical (unpaired) electrons. The van der Waals surface area contributed by atoms with E-state index in [1.54, 1.807) is 7.11 Å². The van der Waals surface area contributed by atoms with Gasteiger partial charge in [-0.15, -0.1) is 0 Å². The van der Waals surface area contributed by atoms with Crippen molar-refractivity contribution in [1.82, 2.24) is 5.32 Å².